The SMILES string of the molecule is CC(C)c1nc(C(=O)N(C)Cc2ccc(Cl)cc2)n[nH]1. The van der Waals surface area contributed by atoms with Crippen molar-refractivity contribution in [2.45, 2.75) is 26.3 Å². The molecule has 0 spiro atoms. The molecule has 0 saturated carbocycles. The number of carbonyl (C=O) groups is 1. The number of halogens is 1. The number of benzene rings is 1. The van der Waals surface area contributed by atoms with Crippen LogP contribution in [-0.2, 0) is 6.54 Å². The molecule has 1 N–H and O–H groups in total. The monoisotopic (exact) mass is 292 g/mol. The second-order valence-corrected chi connectivity index (χ2v) is 5.42. The summed E-state index contributed by atoms with van der Waals surface area (Å²) in [6.07, 6.45) is 0. The van der Waals surface area contributed by atoms with Gasteiger partial charge in [0.1, 0.15) is 5.82 Å². The van der Waals surface area contributed by atoms with Crippen molar-refractivity contribution in [1.29, 1.82) is 0 Å². The molecule has 5 nitrogen and oxygen atoms in total. The number of aromatic nitrogens is 3. The summed E-state index contributed by atoms with van der Waals surface area (Å²) in [4.78, 5) is 18.0. The van der Waals surface area contributed by atoms with E-state index in [0.717, 1.165) is 5.56 Å². The second-order valence-electron chi connectivity index (χ2n) is 4.99. The van der Waals surface area contributed by atoms with Crippen molar-refractivity contribution in [3.63, 3.8) is 0 Å². The molecule has 1 aromatic heterocycles. The summed E-state index contributed by atoms with van der Waals surface area (Å²) in [5.74, 6) is 0.923. The number of hydrogen-bond donors (Lipinski definition) is 1. The van der Waals surface area contributed by atoms with Crippen LogP contribution in [0.3, 0.4) is 0 Å². The molecule has 6 heteroatoms. The van der Waals surface area contributed by atoms with E-state index in [9.17, 15) is 4.79 Å². The number of nitrogens with one attached hydrogen (secondary N) is 1. The van der Waals surface area contributed by atoms with Crippen molar-refractivity contribution in [3.05, 3.63) is 46.5 Å². The highest BCUT2D eigenvalue weighted by molar-refractivity contribution is 6.30. The zero-order valence-electron chi connectivity index (χ0n) is 11.7. The van der Waals surface area contributed by atoms with Gasteiger partial charge in [-0.2, -0.15) is 0 Å². The number of rotatable bonds is 4. The first-order valence-electron chi connectivity index (χ1n) is 6.39. The maximum absolute atomic E-state index is 12.2. The van der Waals surface area contributed by atoms with E-state index >= 15 is 0 Å². The maximum atomic E-state index is 12.2. The van der Waals surface area contributed by atoms with E-state index in [1.54, 1.807) is 24.1 Å². The van der Waals surface area contributed by atoms with Crippen LogP contribution in [-0.4, -0.2) is 33.0 Å². The molecule has 2 rings (SSSR count). The molecule has 0 unspecified atom stereocenters. The van der Waals surface area contributed by atoms with Gasteiger partial charge >= 0.3 is 0 Å². The highest BCUT2D eigenvalue weighted by Gasteiger charge is 2.18. The van der Waals surface area contributed by atoms with Gasteiger partial charge < -0.3 is 4.90 Å². The minimum absolute atomic E-state index is 0.199. The van der Waals surface area contributed by atoms with Gasteiger partial charge in [-0.3, -0.25) is 9.89 Å². The molecule has 0 atom stereocenters. The Labute approximate surface area is 123 Å². The van der Waals surface area contributed by atoms with Gasteiger partial charge in [0.25, 0.3) is 5.91 Å². The molecule has 0 bridgehead atoms. The lowest BCUT2D eigenvalue weighted by atomic mass is 10.2. The smallest absolute Gasteiger partial charge is 0.293 e. The van der Waals surface area contributed by atoms with E-state index in [1.807, 2.05) is 26.0 Å². The molecule has 20 heavy (non-hydrogen) atoms. The number of amides is 1. The van der Waals surface area contributed by atoms with Crippen LogP contribution in [0.25, 0.3) is 0 Å². The Bertz CT molecular complexity index is 591. The zero-order chi connectivity index (χ0) is 14.7. The summed E-state index contributed by atoms with van der Waals surface area (Å²) >= 11 is 5.83. The van der Waals surface area contributed by atoms with Crippen molar-refractivity contribution < 1.29 is 4.79 Å². The Morgan fingerprint density at radius 2 is 2.00 bits per heavy atom. The predicted molar refractivity (Wildman–Crippen MR) is 77.7 cm³/mol. The Morgan fingerprint density at radius 1 is 1.35 bits per heavy atom. The summed E-state index contributed by atoms with van der Waals surface area (Å²) in [7, 11) is 1.72. The topological polar surface area (TPSA) is 61.9 Å². The molecule has 1 heterocycles. The lowest BCUT2D eigenvalue weighted by molar-refractivity contribution is 0.0773. The highest BCUT2D eigenvalue weighted by Crippen LogP contribution is 2.12. The Balaban J connectivity index is 2.06. The van der Waals surface area contributed by atoms with E-state index in [2.05, 4.69) is 15.2 Å². The number of aromatic amines is 1. The Morgan fingerprint density at radius 3 is 2.55 bits per heavy atom. The van der Waals surface area contributed by atoms with Gasteiger partial charge in [0.05, 0.1) is 0 Å². The van der Waals surface area contributed by atoms with Crippen molar-refractivity contribution >= 4 is 17.5 Å². The third-order valence-electron chi connectivity index (χ3n) is 2.92. The number of H-pyrrole nitrogens is 1. The standard InChI is InChI=1S/C14H17ClN4O/c1-9(2)12-16-13(18-17-12)14(20)19(3)8-10-4-6-11(15)7-5-10/h4-7,9H,8H2,1-3H3,(H,16,17,18). The van der Waals surface area contributed by atoms with E-state index in [0.29, 0.717) is 17.4 Å². The summed E-state index contributed by atoms with van der Waals surface area (Å²) in [5.41, 5.74) is 1.00. The van der Waals surface area contributed by atoms with Crippen LogP contribution in [0.5, 0.6) is 0 Å². The highest BCUT2D eigenvalue weighted by atomic mass is 35.5. The van der Waals surface area contributed by atoms with Crippen LogP contribution < -0.4 is 0 Å². The van der Waals surface area contributed by atoms with Gasteiger partial charge in [0.15, 0.2) is 0 Å². The third-order valence-corrected chi connectivity index (χ3v) is 3.17. The fraction of sp³-hybridized carbons (Fsp3) is 0.357. The average Bonchev–Trinajstić information content (AvgIpc) is 2.90. The van der Waals surface area contributed by atoms with Crippen LogP contribution in [0.15, 0.2) is 24.3 Å². The summed E-state index contributed by atoms with van der Waals surface area (Å²) in [6, 6.07) is 7.39. The summed E-state index contributed by atoms with van der Waals surface area (Å²) in [6.45, 7) is 4.47. The lowest BCUT2D eigenvalue weighted by Crippen LogP contribution is -2.27. The molecule has 0 radical (unpaired) electrons. The van der Waals surface area contributed by atoms with Crippen LogP contribution in [0, 0.1) is 0 Å². The van der Waals surface area contributed by atoms with E-state index in [-0.39, 0.29) is 17.6 Å². The summed E-state index contributed by atoms with van der Waals surface area (Å²) < 4.78 is 0. The lowest BCUT2D eigenvalue weighted by Gasteiger charge is -2.15. The third kappa shape index (κ3) is 3.36. The van der Waals surface area contributed by atoms with Gasteiger partial charge in [-0.05, 0) is 17.7 Å². The molecule has 106 valence electrons. The first-order valence-corrected chi connectivity index (χ1v) is 6.77. The van der Waals surface area contributed by atoms with Crippen molar-refractivity contribution in [3.8, 4) is 0 Å². The molecule has 0 aliphatic carbocycles. The maximum Gasteiger partial charge on any atom is 0.293 e. The number of hydrogen-bond acceptors (Lipinski definition) is 3. The van der Waals surface area contributed by atoms with Crippen molar-refractivity contribution in [1.82, 2.24) is 20.1 Å². The molecule has 0 fully saturated rings. The molecule has 0 aliphatic heterocycles. The van der Waals surface area contributed by atoms with Gasteiger partial charge in [-0.15, -0.1) is 5.10 Å². The molecule has 1 aromatic carbocycles. The van der Waals surface area contributed by atoms with Crippen LogP contribution in [0.1, 0.15) is 41.8 Å². The minimum Gasteiger partial charge on any atom is -0.335 e. The molecule has 2 aromatic rings. The normalized spacial score (nSPS) is 10.8. The Hall–Kier alpha value is -1.88. The Kier molecular flexibility index (Phi) is 4.39. The van der Waals surface area contributed by atoms with Gasteiger partial charge in [-0.1, -0.05) is 37.6 Å². The average molecular weight is 293 g/mol. The van der Waals surface area contributed by atoms with E-state index in [4.69, 9.17) is 11.6 Å². The quantitative estimate of drug-likeness (QED) is 0.942. The molecule has 1 amide bonds. The number of carbonyl (C=O) groups excluding carboxylic acids is 1. The molecule has 0 aliphatic rings. The first kappa shape index (κ1) is 14.5. The van der Waals surface area contributed by atoms with Crippen molar-refractivity contribution in [2.24, 2.45) is 0 Å². The van der Waals surface area contributed by atoms with E-state index < -0.39 is 0 Å². The molecular formula is C14H17ClN4O. The molecule has 0 saturated heterocycles. The van der Waals surface area contributed by atoms with E-state index in [1.165, 1.54) is 0 Å². The fourth-order valence-electron chi connectivity index (χ4n) is 1.73. The predicted octanol–water partition coefficient (Wildman–Crippen LogP) is 2.85. The number of nitrogens with zero attached hydrogens (tertiary/aromatic N) is 3. The van der Waals surface area contributed by atoms with Gasteiger partial charge in [0, 0.05) is 24.5 Å². The van der Waals surface area contributed by atoms with Gasteiger partial charge in [-0.25, -0.2) is 4.98 Å². The molecular weight excluding hydrogens is 276 g/mol. The largest absolute Gasteiger partial charge is 0.335 e. The summed E-state index contributed by atoms with van der Waals surface area (Å²) in [5, 5.41) is 7.43. The second kappa shape index (κ2) is 6.05. The first-order chi connectivity index (χ1) is 9.47. The van der Waals surface area contributed by atoms with Gasteiger partial charge in [0.2, 0.25) is 5.82 Å². The minimum atomic E-state index is -0.205. The van der Waals surface area contributed by atoms with Crippen molar-refractivity contribution in [2.75, 3.05) is 7.05 Å². The van der Waals surface area contributed by atoms with Crippen LogP contribution in [0.2, 0.25) is 5.02 Å². The zero-order valence-corrected chi connectivity index (χ0v) is 12.5. The van der Waals surface area contributed by atoms with Crippen LogP contribution >= 0.6 is 11.6 Å². The van der Waals surface area contributed by atoms with Crippen LogP contribution in [0.4, 0.5) is 0 Å². The fourth-order valence-corrected chi connectivity index (χ4v) is 1.86.